The fraction of sp³-hybridized carbons (Fsp3) is 0.278. The third-order valence-electron chi connectivity index (χ3n) is 4.05. The number of nitrogens with zero attached hydrogens (tertiary/aromatic N) is 2. The Morgan fingerprint density at radius 1 is 1.29 bits per heavy atom. The lowest BCUT2D eigenvalue weighted by Crippen LogP contribution is -2.19. The number of carbonyl (C=O) groups excluding carboxylic acids is 1. The SMILES string of the molecule is N#Cc1cc2c(nc1S[C@H](C(N)=O)c1ccc(F)cc1)CCCC2. The van der Waals surface area contributed by atoms with Crippen LogP contribution >= 0.6 is 11.8 Å². The number of fused-ring (bicyclic) bond motifs is 1. The van der Waals surface area contributed by atoms with Gasteiger partial charge in [0.05, 0.1) is 5.56 Å². The molecule has 2 aromatic rings. The standard InChI is InChI=1S/C18H16FN3OS/c19-14-7-5-11(6-8-14)16(17(21)23)24-18-13(10-20)9-12-3-1-2-4-15(12)22-18/h5-9,16H,1-4H2,(H2,21,23)/t16-/m0/s1. The van der Waals surface area contributed by atoms with Crippen LogP contribution in [0.4, 0.5) is 4.39 Å². The molecule has 2 N–H and O–H groups in total. The van der Waals surface area contributed by atoms with Crippen molar-refractivity contribution in [1.82, 2.24) is 4.98 Å². The minimum atomic E-state index is -0.716. The number of amides is 1. The van der Waals surface area contributed by atoms with Crippen molar-refractivity contribution in [2.75, 3.05) is 0 Å². The molecule has 24 heavy (non-hydrogen) atoms. The second-order valence-electron chi connectivity index (χ2n) is 5.72. The summed E-state index contributed by atoms with van der Waals surface area (Å²) in [4.78, 5) is 16.5. The van der Waals surface area contributed by atoms with Gasteiger partial charge in [0, 0.05) is 5.69 Å². The van der Waals surface area contributed by atoms with E-state index in [-0.39, 0.29) is 5.82 Å². The Balaban J connectivity index is 1.96. The molecule has 0 radical (unpaired) electrons. The molecule has 0 bridgehead atoms. The van der Waals surface area contributed by atoms with Crippen molar-refractivity contribution >= 4 is 17.7 Å². The first-order valence-corrected chi connectivity index (χ1v) is 8.61. The smallest absolute Gasteiger partial charge is 0.235 e. The predicted molar refractivity (Wildman–Crippen MR) is 89.8 cm³/mol. The fourth-order valence-corrected chi connectivity index (χ4v) is 3.85. The highest BCUT2D eigenvalue weighted by Crippen LogP contribution is 2.37. The van der Waals surface area contributed by atoms with E-state index in [2.05, 4.69) is 11.1 Å². The van der Waals surface area contributed by atoms with Crippen LogP contribution in [-0.4, -0.2) is 10.9 Å². The molecule has 0 fully saturated rings. The van der Waals surface area contributed by atoms with Crippen LogP contribution in [0, 0.1) is 17.1 Å². The maximum atomic E-state index is 13.1. The zero-order chi connectivity index (χ0) is 17.1. The summed E-state index contributed by atoms with van der Waals surface area (Å²) in [5.74, 6) is -0.924. The molecule has 6 heteroatoms. The molecule has 1 aromatic heterocycles. The Labute approximate surface area is 143 Å². The summed E-state index contributed by atoms with van der Waals surface area (Å²) in [5, 5.41) is 9.20. The van der Waals surface area contributed by atoms with Crippen LogP contribution in [0.15, 0.2) is 35.4 Å². The first-order valence-electron chi connectivity index (χ1n) is 7.73. The van der Waals surface area contributed by atoms with Crippen LogP contribution in [-0.2, 0) is 17.6 Å². The highest BCUT2D eigenvalue weighted by Gasteiger charge is 2.23. The van der Waals surface area contributed by atoms with Gasteiger partial charge in [-0.25, -0.2) is 9.37 Å². The van der Waals surface area contributed by atoms with E-state index in [4.69, 9.17) is 5.73 Å². The lowest BCUT2D eigenvalue weighted by molar-refractivity contribution is -0.117. The summed E-state index contributed by atoms with van der Waals surface area (Å²) in [6.45, 7) is 0. The third-order valence-corrected chi connectivity index (χ3v) is 5.32. The third kappa shape index (κ3) is 3.41. The summed E-state index contributed by atoms with van der Waals surface area (Å²) >= 11 is 1.15. The summed E-state index contributed by atoms with van der Waals surface area (Å²) in [5.41, 5.74) is 8.67. The summed E-state index contributed by atoms with van der Waals surface area (Å²) in [7, 11) is 0. The number of benzene rings is 1. The Bertz CT molecular complexity index is 814. The maximum Gasteiger partial charge on any atom is 0.235 e. The van der Waals surface area contributed by atoms with Crippen LogP contribution in [0.2, 0.25) is 0 Å². The first-order chi connectivity index (χ1) is 11.6. The molecular weight excluding hydrogens is 325 g/mol. The van der Waals surface area contributed by atoms with Crippen molar-refractivity contribution < 1.29 is 9.18 Å². The summed E-state index contributed by atoms with van der Waals surface area (Å²) < 4.78 is 13.1. The minimum Gasteiger partial charge on any atom is -0.368 e. The number of aromatic nitrogens is 1. The average Bonchev–Trinajstić information content (AvgIpc) is 2.59. The first kappa shape index (κ1) is 16.5. The van der Waals surface area contributed by atoms with Crippen molar-refractivity contribution in [3.63, 3.8) is 0 Å². The Kier molecular flexibility index (Phi) is 4.81. The van der Waals surface area contributed by atoms with Gasteiger partial charge in [-0.05, 0) is 55.0 Å². The van der Waals surface area contributed by atoms with Gasteiger partial charge in [-0.15, -0.1) is 0 Å². The molecule has 1 heterocycles. The van der Waals surface area contributed by atoms with Gasteiger partial charge in [0.1, 0.15) is 22.2 Å². The van der Waals surface area contributed by atoms with Crippen LogP contribution in [0.25, 0.3) is 0 Å². The van der Waals surface area contributed by atoms with Crippen molar-refractivity contribution in [1.29, 1.82) is 5.26 Å². The van der Waals surface area contributed by atoms with E-state index in [1.54, 1.807) is 0 Å². The molecule has 1 aliphatic rings. The van der Waals surface area contributed by atoms with E-state index < -0.39 is 11.2 Å². The topological polar surface area (TPSA) is 79.8 Å². The second-order valence-corrected chi connectivity index (χ2v) is 6.81. The number of thioether (sulfide) groups is 1. The Morgan fingerprint density at radius 3 is 2.67 bits per heavy atom. The number of hydrogen-bond acceptors (Lipinski definition) is 4. The number of nitriles is 1. The Hall–Kier alpha value is -2.39. The monoisotopic (exact) mass is 341 g/mol. The fourth-order valence-electron chi connectivity index (χ4n) is 2.82. The van der Waals surface area contributed by atoms with E-state index in [0.29, 0.717) is 16.2 Å². The van der Waals surface area contributed by atoms with Crippen LogP contribution in [0.1, 0.15) is 40.5 Å². The van der Waals surface area contributed by atoms with Crippen molar-refractivity contribution in [2.24, 2.45) is 5.73 Å². The molecule has 3 rings (SSSR count). The number of nitrogens with two attached hydrogens (primary N) is 1. The molecule has 1 aliphatic carbocycles. The van der Waals surface area contributed by atoms with Gasteiger partial charge in [0.25, 0.3) is 0 Å². The van der Waals surface area contributed by atoms with Gasteiger partial charge >= 0.3 is 0 Å². The molecule has 4 nitrogen and oxygen atoms in total. The van der Waals surface area contributed by atoms with Crippen LogP contribution < -0.4 is 5.73 Å². The number of rotatable bonds is 4. The van der Waals surface area contributed by atoms with Gasteiger partial charge in [0.15, 0.2) is 0 Å². The largest absolute Gasteiger partial charge is 0.368 e. The van der Waals surface area contributed by atoms with E-state index >= 15 is 0 Å². The van der Waals surface area contributed by atoms with Crippen LogP contribution in [0.3, 0.4) is 0 Å². The van der Waals surface area contributed by atoms with Crippen LogP contribution in [0.5, 0.6) is 0 Å². The van der Waals surface area contributed by atoms with E-state index in [9.17, 15) is 14.4 Å². The number of carbonyl (C=O) groups is 1. The van der Waals surface area contributed by atoms with Gasteiger partial charge in [-0.2, -0.15) is 5.26 Å². The molecule has 0 spiro atoms. The molecule has 0 unspecified atom stereocenters. The van der Waals surface area contributed by atoms with Crippen molar-refractivity contribution in [2.45, 2.75) is 36.0 Å². The molecule has 0 aliphatic heterocycles. The number of halogens is 1. The normalized spacial score (nSPS) is 14.5. The molecule has 0 saturated heterocycles. The number of pyridine rings is 1. The van der Waals surface area contributed by atoms with Crippen molar-refractivity contribution in [3.05, 3.63) is 58.5 Å². The zero-order valence-corrected chi connectivity index (χ0v) is 13.8. The average molecular weight is 341 g/mol. The zero-order valence-electron chi connectivity index (χ0n) is 13.0. The molecule has 1 amide bonds. The Morgan fingerprint density at radius 2 is 2.00 bits per heavy atom. The second kappa shape index (κ2) is 7.02. The van der Waals surface area contributed by atoms with E-state index in [1.807, 2.05) is 6.07 Å². The van der Waals surface area contributed by atoms with Gasteiger partial charge in [-0.3, -0.25) is 4.79 Å². The van der Waals surface area contributed by atoms with Crippen molar-refractivity contribution in [3.8, 4) is 6.07 Å². The lowest BCUT2D eigenvalue weighted by Gasteiger charge is -2.18. The van der Waals surface area contributed by atoms with E-state index in [1.165, 1.54) is 24.3 Å². The number of aryl methyl sites for hydroxylation is 2. The lowest BCUT2D eigenvalue weighted by atomic mass is 9.95. The molecular formula is C18H16FN3OS. The van der Waals surface area contributed by atoms with Gasteiger partial charge in [-0.1, -0.05) is 23.9 Å². The summed E-state index contributed by atoms with van der Waals surface area (Å²) in [6.07, 6.45) is 3.99. The highest BCUT2D eigenvalue weighted by molar-refractivity contribution is 8.00. The maximum absolute atomic E-state index is 13.1. The molecule has 122 valence electrons. The molecule has 1 atom stereocenters. The van der Waals surface area contributed by atoms with E-state index in [0.717, 1.165) is 48.7 Å². The predicted octanol–water partition coefficient (Wildman–Crippen LogP) is 3.29. The molecule has 0 saturated carbocycles. The molecule has 1 aromatic carbocycles. The van der Waals surface area contributed by atoms with Gasteiger partial charge in [0.2, 0.25) is 5.91 Å². The quantitative estimate of drug-likeness (QED) is 0.866. The van der Waals surface area contributed by atoms with Gasteiger partial charge < -0.3 is 5.73 Å². The minimum absolute atomic E-state index is 0.378. The highest BCUT2D eigenvalue weighted by atomic mass is 32.2. The number of primary amides is 1. The number of hydrogen-bond donors (Lipinski definition) is 1. The summed E-state index contributed by atoms with van der Waals surface area (Å²) in [6, 6.07) is 9.66.